The zero-order valence-electron chi connectivity index (χ0n) is 10.2. The molecule has 3 rings (SSSR count). The molecule has 0 radical (unpaired) electrons. The Hall–Kier alpha value is -0.820. The highest BCUT2D eigenvalue weighted by molar-refractivity contribution is 7.89. The van der Waals surface area contributed by atoms with Gasteiger partial charge in [0.1, 0.15) is 0 Å². The normalized spacial score (nSPS) is 29.8. The second-order valence-electron chi connectivity index (χ2n) is 5.02. The highest BCUT2D eigenvalue weighted by Crippen LogP contribution is 2.35. The molecule has 3 atom stereocenters. The summed E-state index contributed by atoms with van der Waals surface area (Å²) >= 11 is 5.86. The Morgan fingerprint density at radius 3 is 2.74 bits per heavy atom. The molecule has 2 heterocycles. The first kappa shape index (κ1) is 13.2. The van der Waals surface area contributed by atoms with Gasteiger partial charge >= 0.3 is 0 Å². The summed E-state index contributed by atoms with van der Waals surface area (Å²) < 4.78 is 32.9. The summed E-state index contributed by atoms with van der Waals surface area (Å²) in [6.45, 7) is 0. The monoisotopic (exact) mass is 302 g/mol. The Morgan fingerprint density at radius 2 is 2.16 bits per heavy atom. The van der Waals surface area contributed by atoms with Crippen LogP contribution in [0.2, 0.25) is 5.02 Å². The Morgan fingerprint density at radius 1 is 1.37 bits per heavy atom. The van der Waals surface area contributed by atoms with Crippen molar-refractivity contribution < 1.29 is 13.2 Å². The molecular formula is C12H15ClN2O3S. The van der Waals surface area contributed by atoms with Gasteiger partial charge in [-0.3, -0.25) is 0 Å². The first-order chi connectivity index (χ1) is 8.95. The molecule has 19 heavy (non-hydrogen) atoms. The number of nitrogens with one attached hydrogen (secondary N) is 1. The highest BCUT2D eigenvalue weighted by Gasteiger charge is 2.42. The highest BCUT2D eigenvalue weighted by atomic mass is 35.5. The third kappa shape index (κ3) is 2.45. The van der Waals surface area contributed by atoms with E-state index < -0.39 is 10.0 Å². The van der Waals surface area contributed by atoms with Crippen molar-refractivity contribution in [2.45, 2.75) is 42.4 Å². The van der Waals surface area contributed by atoms with E-state index in [9.17, 15) is 8.42 Å². The number of rotatable bonds is 3. The second-order valence-corrected chi connectivity index (χ2v) is 7.14. The molecule has 0 aromatic heterocycles. The summed E-state index contributed by atoms with van der Waals surface area (Å²) in [6.07, 6.45) is 2.89. The fourth-order valence-corrected chi connectivity index (χ4v) is 4.25. The van der Waals surface area contributed by atoms with E-state index in [1.165, 1.54) is 18.2 Å². The van der Waals surface area contributed by atoms with Crippen LogP contribution in [0.25, 0.3) is 0 Å². The van der Waals surface area contributed by atoms with Gasteiger partial charge in [-0.15, -0.1) is 0 Å². The molecule has 3 unspecified atom stereocenters. The summed E-state index contributed by atoms with van der Waals surface area (Å²) in [5, 5.41) is 0.243. The van der Waals surface area contributed by atoms with Crippen LogP contribution >= 0.6 is 11.6 Å². The van der Waals surface area contributed by atoms with Crippen LogP contribution in [0.1, 0.15) is 19.3 Å². The minimum atomic E-state index is -3.58. The number of hydrogen-bond acceptors (Lipinski definition) is 4. The minimum Gasteiger partial charge on any atom is -0.398 e. The molecular weight excluding hydrogens is 288 g/mol. The number of fused-ring (bicyclic) bond motifs is 2. The summed E-state index contributed by atoms with van der Waals surface area (Å²) in [5.74, 6) is 0. The van der Waals surface area contributed by atoms with Crippen molar-refractivity contribution >= 4 is 27.3 Å². The van der Waals surface area contributed by atoms with Crippen molar-refractivity contribution in [2.24, 2.45) is 0 Å². The Balaban J connectivity index is 1.80. The van der Waals surface area contributed by atoms with Crippen LogP contribution in [0.5, 0.6) is 0 Å². The average Bonchev–Trinajstić information content (AvgIpc) is 2.94. The first-order valence-electron chi connectivity index (χ1n) is 6.18. The fourth-order valence-electron chi connectivity index (χ4n) is 2.70. The van der Waals surface area contributed by atoms with Gasteiger partial charge in [0, 0.05) is 0 Å². The van der Waals surface area contributed by atoms with E-state index in [4.69, 9.17) is 22.1 Å². The third-order valence-electron chi connectivity index (χ3n) is 3.69. The van der Waals surface area contributed by atoms with Gasteiger partial charge in [-0.05, 0) is 37.5 Å². The molecule has 0 aliphatic carbocycles. The van der Waals surface area contributed by atoms with E-state index in [0.717, 1.165) is 19.3 Å². The molecule has 5 nitrogen and oxygen atoms in total. The van der Waals surface area contributed by atoms with E-state index in [0.29, 0.717) is 5.69 Å². The van der Waals surface area contributed by atoms with Gasteiger partial charge < -0.3 is 10.5 Å². The number of ether oxygens (including phenoxy) is 1. The number of sulfonamides is 1. The van der Waals surface area contributed by atoms with Crippen LogP contribution in [-0.4, -0.2) is 26.7 Å². The average molecular weight is 303 g/mol. The van der Waals surface area contributed by atoms with Crippen LogP contribution in [0, 0.1) is 0 Å². The van der Waals surface area contributed by atoms with Crippen molar-refractivity contribution in [3.8, 4) is 0 Å². The van der Waals surface area contributed by atoms with Gasteiger partial charge in [0.25, 0.3) is 0 Å². The molecule has 0 amide bonds. The van der Waals surface area contributed by atoms with Crippen molar-refractivity contribution in [2.75, 3.05) is 5.73 Å². The Labute approximate surface area is 117 Å². The predicted molar refractivity (Wildman–Crippen MR) is 72.5 cm³/mol. The summed E-state index contributed by atoms with van der Waals surface area (Å²) in [5.41, 5.74) is 5.94. The van der Waals surface area contributed by atoms with Crippen molar-refractivity contribution in [3.63, 3.8) is 0 Å². The fraction of sp³-hybridized carbons (Fsp3) is 0.500. The predicted octanol–water partition coefficient (Wildman–Crippen LogP) is 1.52. The largest absolute Gasteiger partial charge is 0.398 e. The van der Waals surface area contributed by atoms with E-state index in [1.54, 1.807) is 0 Å². The molecule has 0 spiro atoms. The molecule has 2 fully saturated rings. The molecule has 3 N–H and O–H groups in total. The summed E-state index contributed by atoms with van der Waals surface area (Å²) in [7, 11) is -3.58. The van der Waals surface area contributed by atoms with Crippen LogP contribution in [0.15, 0.2) is 23.1 Å². The first-order valence-corrected chi connectivity index (χ1v) is 8.04. The second kappa shape index (κ2) is 4.63. The zero-order valence-corrected chi connectivity index (χ0v) is 11.7. The number of nitrogens with two attached hydrogens (primary N) is 1. The van der Waals surface area contributed by atoms with Crippen LogP contribution in [0.3, 0.4) is 0 Å². The smallest absolute Gasteiger partial charge is 0.240 e. The molecule has 1 aromatic carbocycles. The van der Waals surface area contributed by atoms with Crippen molar-refractivity contribution in [3.05, 3.63) is 23.2 Å². The number of nitrogen functional groups attached to an aromatic ring is 1. The Kier molecular flexibility index (Phi) is 3.21. The van der Waals surface area contributed by atoms with Gasteiger partial charge in [0.2, 0.25) is 10.0 Å². The molecule has 2 bridgehead atoms. The summed E-state index contributed by atoms with van der Waals surface area (Å²) in [4.78, 5) is 0.134. The van der Waals surface area contributed by atoms with Crippen molar-refractivity contribution in [1.29, 1.82) is 0 Å². The molecule has 2 saturated heterocycles. The molecule has 0 saturated carbocycles. The van der Waals surface area contributed by atoms with Gasteiger partial charge in [-0.1, -0.05) is 11.6 Å². The van der Waals surface area contributed by atoms with Gasteiger partial charge in [-0.25, -0.2) is 13.1 Å². The summed E-state index contributed by atoms with van der Waals surface area (Å²) in [6, 6.07) is 4.18. The van der Waals surface area contributed by atoms with Crippen molar-refractivity contribution in [1.82, 2.24) is 4.72 Å². The minimum absolute atomic E-state index is 0.00373. The van der Waals surface area contributed by atoms with E-state index in [1.807, 2.05) is 0 Å². The lowest BCUT2D eigenvalue weighted by Crippen LogP contribution is -2.41. The molecule has 2 aliphatic heterocycles. The number of anilines is 1. The number of benzene rings is 1. The zero-order chi connectivity index (χ0) is 13.6. The van der Waals surface area contributed by atoms with Crippen LogP contribution in [0.4, 0.5) is 5.69 Å². The van der Waals surface area contributed by atoms with E-state index in [-0.39, 0.29) is 28.2 Å². The van der Waals surface area contributed by atoms with E-state index >= 15 is 0 Å². The molecule has 104 valence electrons. The topological polar surface area (TPSA) is 81.4 Å². The van der Waals surface area contributed by atoms with Gasteiger partial charge in [0.15, 0.2) is 0 Å². The molecule has 7 heteroatoms. The number of halogens is 1. The van der Waals surface area contributed by atoms with Crippen LogP contribution < -0.4 is 10.5 Å². The maximum atomic E-state index is 12.3. The van der Waals surface area contributed by atoms with Crippen LogP contribution in [-0.2, 0) is 14.8 Å². The maximum Gasteiger partial charge on any atom is 0.240 e. The lowest BCUT2D eigenvalue weighted by molar-refractivity contribution is 0.0996. The molecule has 2 aliphatic rings. The quantitative estimate of drug-likeness (QED) is 0.830. The molecule has 1 aromatic rings. The Bertz CT molecular complexity index is 605. The maximum absolute atomic E-state index is 12.3. The lowest BCUT2D eigenvalue weighted by Gasteiger charge is -2.20. The van der Waals surface area contributed by atoms with Gasteiger partial charge in [-0.2, -0.15) is 0 Å². The van der Waals surface area contributed by atoms with Gasteiger partial charge in [0.05, 0.1) is 33.9 Å². The third-order valence-corrected chi connectivity index (χ3v) is 5.51. The standard InChI is InChI=1S/C12H15ClN2O3S/c13-9-6-8(2-3-10(9)14)19(16,17)15-11-5-7-1-4-12(11)18-7/h2-3,6-7,11-12,15H,1,4-5,14H2. The number of hydrogen-bond donors (Lipinski definition) is 2. The van der Waals surface area contributed by atoms with E-state index in [2.05, 4.69) is 4.72 Å². The SMILES string of the molecule is Nc1ccc(S(=O)(=O)NC2CC3CCC2O3)cc1Cl. The lowest BCUT2D eigenvalue weighted by atomic mass is 9.96.